The zero-order chi connectivity index (χ0) is 12.3. The van der Waals surface area contributed by atoms with Gasteiger partial charge in [-0.1, -0.05) is 13.3 Å². The maximum atomic E-state index is 13.0. The summed E-state index contributed by atoms with van der Waals surface area (Å²) in [4.78, 5) is 14.7. The molecule has 0 aliphatic carbocycles. The Balaban J connectivity index is 2.15. The first-order valence-electron chi connectivity index (χ1n) is 5.77. The molecule has 1 aromatic heterocycles. The second kappa shape index (κ2) is 4.99. The van der Waals surface area contributed by atoms with Crippen molar-refractivity contribution in [1.82, 2.24) is 10.3 Å². The monoisotopic (exact) mass is 234 g/mol. The zero-order valence-corrected chi connectivity index (χ0v) is 9.72. The van der Waals surface area contributed by atoms with Gasteiger partial charge in [-0.2, -0.15) is 0 Å². The molecular weight excluding hydrogens is 219 g/mol. The topological polar surface area (TPSA) is 44.9 Å². The standard InChI is InChI=1S/C13H15FN2O/c1-2-3-6-15-13(17)12-8-9-7-10(14)4-5-11(9)16-12/h4-5,7-8,16H,2-3,6H2,1H3,(H,15,17). The molecule has 3 nitrogen and oxygen atoms in total. The number of carbonyl (C=O) groups is 1. The molecule has 2 N–H and O–H groups in total. The van der Waals surface area contributed by atoms with Crippen LogP contribution in [0.15, 0.2) is 24.3 Å². The number of hydrogen-bond donors (Lipinski definition) is 2. The number of amides is 1. The molecule has 90 valence electrons. The average molecular weight is 234 g/mol. The third-order valence-electron chi connectivity index (χ3n) is 2.64. The van der Waals surface area contributed by atoms with Gasteiger partial charge in [0.1, 0.15) is 11.5 Å². The van der Waals surface area contributed by atoms with Crippen LogP contribution in [0, 0.1) is 5.82 Å². The molecule has 2 rings (SSSR count). The van der Waals surface area contributed by atoms with Crippen LogP contribution in [-0.2, 0) is 0 Å². The molecule has 0 aliphatic heterocycles. The van der Waals surface area contributed by atoms with Crippen molar-refractivity contribution >= 4 is 16.8 Å². The van der Waals surface area contributed by atoms with Gasteiger partial charge in [0, 0.05) is 17.4 Å². The molecule has 0 fully saturated rings. The molecule has 0 unspecified atom stereocenters. The van der Waals surface area contributed by atoms with Crippen LogP contribution in [0.3, 0.4) is 0 Å². The van der Waals surface area contributed by atoms with E-state index >= 15 is 0 Å². The number of aromatic nitrogens is 1. The quantitative estimate of drug-likeness (QED) is 0.785. The summed E-state index contributed by atoms with van der Waals surface area (Å²) in [5.41, 5.74) is 1.24. The van der Waals surface area contributed by atoms with E-state index in [1.807, 2.05) is 0 Å². The molecule has 0 radical (unpaired) electrons. The molecule has 0 saturated heterocycles. The molecule has 2 aromatic rings. The van der Waals surface area contributed by atoms with Crippen LogP contribution in [0.4, 0.5) is 4.39 Å². The van der Waals surface area contributed by atoms with Crippen molar-refractivity contribution in [2.75, 3.05) is 6.54 Å². The van der Waals surface area contributed by atoms with Crippen molar-refractivity contribution in [1.29, 1.82) is 0 Å². The van der Waals surface area contributed by atoms with Gasteiger partial charge in [-0.15, -0.1) is 0 Å². The lowest BCUT2D eigenvalue weighted by Gasteiger charge is -2.01. The molecule has 0 atom stereocenters. The van der Waals surface area contributed by atoms with Crippen LogP contribution >= 0.6 is 0 Å². The Morgan fingerprint density at radius 1 is 1.41 bits per heavy atom. The molecule has 0 aliphatic rings. The van der Waals surface area contributed by atoms with E-state index in [-0.39, 0.29) is 11.7 Å². The number of nitrogens with one attached hydrogen (secondary N) is 2. The minimum absolute atomic E-state index is 0.143. The highest BCUT2D eigenvalue weighted by molar-refractivity contribution is 5.97. The highest BCUT2D eigenvalue weighted by atomic mass is 19.1. The second-order valence-corrected chi connectivity index (χ2v) is 4.02. The Bertz CT molecular complexity index is 533. The lowest BCUT2D eigenvalue weighted by molar-refractivity contribution is 0.0949. The van der Waals surface area contributed by atoms with Gasteiger partial charge in [0.25, 0.3) is 5.91 Å². The fourth-order valence-corrected chi connectivity index (χ4v) is 1.70. The SMILES string of the molecule is CCCCNC(=O)c1cc2cc(F)ccc2[nH]1. The Hall–Kier alpha value is -1.84. The molecule has 17 heavy (non-hydrogen) atoms. The zero-order valence-electron chi connectivity index (χ0n) is 9.72. The first kappa shape index (κ1) is 11.6. The Kier molecular flexibility index (Phi) is 3.42. The normalized spacial score (nSPS) is 10.7. The minimum atomic E-state index is -0.297. The third kappa shape index (κ3) is 2.64. The van der Waals surface area contributed by atoms with Crippen molar-refractivity contribution in [3.05, 3.63) is 35.8 Å². The second-order valence-electron chi connectivity index (χ2n) is 4.02. The van der Waals surface area contributed by atoms with Gasteiger partial charge >= 0.3 is 0 Å². The van der Waals surface area contributed by atoms with Crippen molar-refractivity contribution in [3.63, 3.8) is 0 Å². The summed E-state index contributed by atoms with van der Waals surface area (Å²) in [6.45, 7) is 2.73. The van der Waals surface area contributed by atoms with Crippen molar-refractivity contribution in [2.45, 2.75) is 19.8 Å². The van der Waals surface area contributed by atoms with Crippen LogP contribution < -0.4 is 5.32 Å². The minimum Gasteiger partial charge on any atom is -0.351 e. The van der Waals surface area contributed by atoms with E-state index in [1.165, 1.54) is 12.1 Å². The van der Waals surface area contributed by atoms with Gasteiger partial charge in [0.2, 0.25) is 0 Å². The number of benzene rings is 1. The molecule has 1 aromatic carbocycles. The van der Waals surface area contributed by atoms with Gasteiger partial charge in [0.05, 0.1) is 0 Å². The molecule has 0 bridgehead atoms. The van der Waals surface area contributed by atoms with Crippen LogP contribution in [0.1, 0.15) is 30.3 Å². The smallest absolute Gasteiger partial charge is 0.267 e. The fraction of sp³-hybridized carbons (Fsp3) is 0.308. The summed E-state index contributed by atoms with van der Waals surface area (Å²) in [5, 5.41) is 3.53. The lowest BCUT2D eigenvalue weighted by atomic mass is 10.2. The molecule has 1 heterocycles. The number of H-pyrrole nitrogens is 1. The van der Waals surface area contributed by atoms with Gasteiger partial charge in [-0.3, -0.25) is 4.79 Å². The third-order valence-corrected chi connectivity index (χ3v) is 2.64. The largest absolute Gasteiger partial charge is 0.351 e. The summed E-state index contributed by atoms with van der Waals surface area (Å²) in [5.74, 6) is -0.440. The van der Waals surface area contributed by atoms with Gasteiger partial charge in [-0.05, 0) is 30.7 Å². The van der Waals surface area contributed by atoms with E-state index < -0.39 is 0 Å². The van der Waals surface area contributed by atoms with Gasteiger partial charge < -0.3 is 10.3 Å². The molecular formula is C13H15FN2O. The molecule has 4 heteroatoms. The highest BCUT2D eigenvalue weighted by Gasteiger charge is 2.08. The van der Waals surface area contributed by atoms with Crippen LogP contribution in [0.2, 0.25) is 0 Å². The number of unbranched alkanes of at least 4 members (excludes halogenated alkanes) is 1. The fourth-order valence-electron chi connectivity index (χ4n) is 1.70. The molecule has 1 amide bonds. The maximum Gasteiger partial charge on any atom is 0.267 e. The number of aromatic amines is 1. The first-order chi connectivity index (χ1) is 8.20. The van der Waals surface area contributed by atoms with E-state index in [9.17, 15) is 9.18 Å². The van der Waals surface area contributed by atoms with E-state index in [2.05, 4.69) is 17.2 Å². The summed E-state index contributed by atoms with van der Waals surface area (Å²) >= 11 is 0. The maximum absolute atomic E-state index is 13.0. The van der Waals surface area contributed by atoms with Crippen molar-refractivity contribution < 1.29 is 9.18 Å². The summed E-state index contributed by atoms with van der Waals surface area (Å²) < 4.78 is 13.0. The Labute approximate surface area is 99.0 Å². The van der Waals surface area contributed by atoms with E-state index in [4.69, 9.17) is 0 Å². The van der Waals surface area contributed by atoms with E-state index in [0.29, 0.717) is 17.6 Å². The summed E-state index contributed by atoms with van der Waals surface area (Å²) in [6.07, 6.45) is 2.00. The van der Waals surface area contributed by atoms with Crippen LogP contribution in [0.5, 0.6) is 0 Å². The first-order valence-corrected chi connectivity index (χ1v) is 5.77. The van der Waals surface area contributed by atoms with E-state index in [1.54, 1.807) is 12.1 Å². The van der Waals surface area contributed by atoms with E-state index in [0.717, 1.165) is 18.4 Å². The van der Waals surface area contributed by atoms with Crippen molar-refractivity contribution in [2.24, 2.45) is 0 Å². The summed E-state index contributed by atoms with van der Waals surface area (Å²) in [7, 11) is 0. The predicted molar refractivity (Wildman–Crippen MR) is 65.5 cm³/mol. The Morgan fingerprint density at radius 2 is 2.24 bits per heavy atom. The number of rotatable bonds is 4. The van der Waals surface area contributed by atoms with Crippen molar-refractivity contribution in [3.8, 4) is 0 Å². The predicted octanol–water partition coefficient (Wildman–Crippen LogP) is 2.84. The highest BCUT2D eigenvalue weighted by Crippen LogP contribution is 2.16. The number of carbonyl (C=O) groups excluding carboxylic acids is 1. The molecule has 0 saturated carbocycles. The van der Waals surface area contributed by atoms with Crippen LogP contribution in [0.25, 0.3) is 10.9 Å². The average Bonchev–Trinajstić information content (AvgIpc) is 2.72. The number of halogens is 1. The summed E-state index contributed by atoms with van der Waals surface area (Å²) in [6, 6.07) is 6.08. The van der Waals surface area contributed by atoms with Crippen LogP contribution in [-0.4, -0.2) is 17.4 Å². The number of hydrogen-bond acceptors (Lipinski definition) is 1. The van der Waals surface area contributed by atoms with Gasteiger partial charge in [0.15, 0.2) is 0 Å². The van der Waals surface area contributed by atoms with Gasteiger partial charge in [-0.25, -0.2) is 4.39 Å². The molecule has 0 spiro atoms. The Morgan fingerprint density at radius 3 is 3.00 bits per heavy atom. The number of fused-ring (bicyclic) bond motifs is 1. The lowest BCUT2D eigenvalue weighted by Crippen LogP contribution is -2.24.